The van der Waals surface area contributed by atoms with Gasteiger partial charge in [0.15, 0.2) is 0 Å². The van der Waals surface area contributed by atoms with Crippen LogP contribution in [-0.2, 0) is 4.74 Å². The Balaban J connectivity index is 1.99. The Morgan fingerprint density at radius 2 is 2.42 bits per heavy atom. The van der Waals surface area contributed by atoms with Crippen LogP contribution in [-0.4, -0.2) is 32.0 Å². The van der Waals surface area contributed by atoms with E-state index in [0.29, 0.717) is 13.2 Å². The summed E-state index contributed by atoms with van der Waals surface area (Å²) in [6.07, 6.45) is 0.804. The minimum Gasteiger partial charge on any atom is -0.383 e. The number of rotatable bonds is 4. The molecule has 1 aromatic carbocycles. The number of amides is 2. The zero-order chi connectivity index (χ0) is 13.7. The first-order chi connectivity index (χ1) is 9.20. The largest absolute Gasteiger partial charge is 0.383 e. The van der Waals surface area contributed by atoms with Crippen LogP contribution in [0.1, 0.15) is 18.0 Å². The third-order valence-electron chi connectivity index (χ3n) is 2.91. The van der Waals surface area contributed by atoms with Crippen molar-refractivity contribution in [3.05, 3.63) is 29.6 Å². The molecule has 0 bridgehead atoms. The van der Waals surface area contributed by atoms with Crippen LogP contribution >= 0.6 is 11.8 Å². The minimum atomic E-state index is -0.271. The molecule has 1 atom stereocenters. The van der Waals surface area contributed by atoms with Crippen LogP contribution in [0, 0.1) is 5.82 Å². The normalized spacial score (nSPS) is 17.7. The van der Waals surface area contributed by atoms with E-state index < -0.39 is 0 Å². The lowest BCUT2D eigenvalue weighted by molar-refractivity contribution is 0.195. The van der Waals surface area contributed by atoms with E-state index in [2.05, 4.69) is 10.6 Å². The van der Waals surface area contributed by atoms with Crippen molar-refractivity contribution in [1.29, 1.82) is 0 Å². The topological polar surface area (TPSA) is 50.4 Å². The summed E-state index contributed by atoms with van der Waals surface area (Å²) in [6.45, 7) is 0.930. The SMILES string of the molecule is COCCNC(=O)N[C@H]1CCSc2ccc(F)cc21. The second-order valence-electron chi connectivity index (χ2n) is 4.26. The summed E-state index contributed by atoms with van der Waals surface area (Å²) < 4.78 is 18.2. The lowest BCUT2D eigenvalue weighted by Crippen LogP contribution is -2.40. The second kappa shape index (κ2) is 6.77. The number of halogens is 1. The highest BCUT2D eigenvalue weighted by atomic mass is 32.2. The van der Waals surface area contributed by atoms with Gasteiger partial charge in [-0.3, -0.25) is 0 Å². The van der Waals surface area contributed by atoms with Crippen molar-refractivity contribution in [3.8, 4) is 0 Å². The van der Waals surface area contributed by atoms with Gasteiger partial charge in [0.05, 0.1) is 12.6 Å². The molecule has 0 fully saturated rings. The lowest BCUT2D eigenvalue weighted by Gasteiger charge is -2.26. The minimum absolute atomic E-state index is 0.130. The van der Waals surface area contributed by atoms with Crippen LogP contribution in [0.4, 0.5) is 9.18 Å². The van der Waals surface area contributed by atoms with E-state index in [1.807, 2.05) is 0 Å². The quantitative estimate of drug-likeness (QED) is 0.834. The average molecular weight is 284 g/mol. The summed E-state index contributed by atoms with van der Waals surface area (Å²) in [6, 6.07) is 4.35. The highest BCUT2D eigenvalue weighted by Gasteiger charge is 2.22. The van der Waals surface area contributed by atoms with Gasteiger partial charge in [-0.25, -0.2) is 9.18 Å². The van der Waals surface area contributed by atoms with Gasteiger partial charge in [-0.2, -0.15) is 0 Å². The maximum Gasteiger partial charge on any atom is 0.315 e. The number of methoxy groups -OCH3 is 1. The number of thioether (sulfide) groups is 1. The third kappa shape index (κ3) is 3.84. The van der Waals surface area contributed by atoms with Crippen molar-refractivity contribution >= 4 is 17.8 Å². The number of nitrogens with one attached hydrogen (secondary N) is 2. The molecule has 0 saturated carbocycles. The van der Waals surface area contributed by atoms with Gasteiger partial charge in [0.25, 0.3) is 0 Å². The van der Waals surface area contributed by atoms with Crippen LogP contribution < -0.4 is 10.6 Å². The molecule has 0 aliphatic carbocycles. The van der Waals surface area contributed by atoms with Crippen molar-refractivity contribution in [2.75, 3.05) is 26.0 Å². The van der Waals surface area contributed by atoms with Gasteiger partial charge in [0, 0.05) is 24.3 Å². The van der Waals surface area contributed by atoms with Crippen molar-refractivity contribution < 1.29 is 13.9 Å². The first-order valence-electron chi connectivity index (χ1n) is 6.16. The Bertz CT molecular complexity index is 456. The third-order valence-corrected chi connectivity index (χ3v) is 4.03. The van der Waals surface area contributed by atoms with Gasteiger partial charge in [-0.05, 0) is 30.2 Å². The fourth-order valence-corrected chi connectivity index (χ4v) is 3.10. The highest BCUT2D eigenvalue weighted by Crippen LogP contribution is 2.36. The first kappa shape index (κ1) is 14.1. The monoisotopic (exact) mass is 284 g/mol. The molecule has 4 nitrogen and oxygen atoms in total. The van der Waals surface area contributed by atoms with Gasteiger partial charge < -0.3 is 15.4 Å². The molecule has 1 aromatic rings. The highest BCUT2D eigenvalue weighted by molar-refractivity contribution is 7.99. The number of fused-ring (bicyclic) bond motifs is 1. The predicted molar refractivity (Wildman–Crippen MR) is 72.9 cm³/mol. The van der Waals surface area contributed by atoms with E-state index >= 15 is 0 Å². The molecular weight excluding hydrogens is 267 g/mol. The maximum absolute atomic E-state index is 13.3. The molecule has 0 saturated heterocycles. The van der Waals surface area contributed by atoms with E-state index in [9.17, 15) is 9.18 Å². The molecule has 1 heterocycles. The number of carbonyl (C=O) groups excluding carboxylic acids is 1. The molecule has 1 aliphatic heterocycles. The zero-order valence-electron chi connectivity index (χ0n) is 10.7. The van der Waals surface area contributed by atoms with E-state index in [4.69, 9.17) is 4.74 Å². The van der Waals surface area contributed by atoms with E-state index in [1.165, 1.54) is 12.1 Å². The summed E-state index contributed by atoms with van der Waals surface area (Å²) in [4.78, 5) is 12.7. The molecule has 19 heavy (non-hydrogen) atoms. The van der Waals surface area contributed by atoms with Crippen LogP contribution in [0.2, 0.25) is 0 Å². The van der Waals surface area contributed by atoms with Gasteiger partial charge in [-0.15, -0.1) is 11.8 Å². The van der Waals surface area contributed by atoms with E-state index in [-0.39, 0.29) is 17.9 Å². The number of hydrogen-bond donors (Lipinski definition) is 2. The molecule has 1 aliphatic rings. The fraction of sp³-hybridized carbons (Fsp3) is 0.462. The van der Waals surface area contributed by atoms with Crippen LogP contribution in [0.15, 0.2) is 23.1 Å². The van der Waals surface area contributed by atoms with Gasteiger partial charge in [0.2, 0.25) is 0 Å². The number of benzene rings is 1. The Kier molecular flexibility index (Phi) is 5.04. The predicted octanol–water partition coefficient (Wildman–Crippen LogP) is 2.31. The molecule has 104 valence electrons. The van der Waals surface area contributed by atoms with Gasteiger partial charge >= 0.3 is 6.03 Å². The maximum atomic E-state index is 13.3. The van der Waals surface area contributed by atoms with Crippen LogP contribution in [0.25, 0.3) is 0 Å². The Hall–Kier alpha value is -1.27. The van der Waals surface area contributed by atoms with Crippen molar-refractivity contribution in [3.63, 3.8) is 0 Å². The average Bonchev–Trinajstić information content (AvgIpc) is 2.40. The molecule has 2 rings (SSSR count). The number of ether oxygens (including phenoxy) is 1. The fourth-order valence-electron chi connectivity index (χ4n) is 1.99. The van der Waals surface area contributed by atoms with Crippen molar-refractivity contribution in [2.45, 2.75) is 17.4 Å². The molecule has 0 radical (unpaired) electrons. The number of urea groups is 1. The smallest absolute Gasteiger partial charge is 0.315 e. The van der Waals surface area contributed by atoms with E-state index in [1.54, 1.807) is 24.9 Å². The standard InChI is InChI=1S/C13H17FN2O2S/c1-18-6-5-15-13(17)16-11-4-7-19-12-3-2-9(14)8-10(11)12/h2-3,8,11H,4-7H2,1H3,(H2,15,16,17)/t11-/m0/s1. The van der Waals surface area contributed by atoms with E-state index in [0.717, 1.165) is 22.6 Å². The first-order valence-corrected chi connectivity index (χ1v) is 7.15. The molecule has 0 aromatic heterocycles. The Labute approximate surface area is 116 Å². The Morgan fingerprint density at radius 1 is 1.58 bits per heavy atom. The summed E-state index contributed by atoms with van der Waals surface area (Å²) in [5.74, 6) is 0.648. The summed E-state index contributed by atoms with van der Waals surface area (Å²) in [5, 5.41) is 5.58. The molecular formula is C13H17FN2O2S. The second-order valence-corrected chi connectivity index (χ2v) is 5.40. The molecule has 2 amide bonds. The summed E-state index contributed by atoms with van der Waals surface area (Å²) in [7, 11) is 1.58. The Morgan fingerprint density at radius 3 is 3.21 bits per heavy atom. The zero-order valence-corrected chi connectivity index (χ0v) is 11.6. The lowest BCUT2D eigenvalue weighted by atomic mass is 10.0. The molecule has 0 spiro atoms. The van der Waals surface area contributed by atoms with Gasteiger partial charge in [0.1, 0.15) is 5.82 Å². The molecule has 0 unspecified atom stereocenters. The molecule has 2 N–H and O–H groups in total. The van der Waals surface area contributed by atoms with Crippen LogP contribution in [0.5, 0.6) is 0 Å². The molecule has 6 heteroatoms. The number of hydrogen-bond acceptors (Lipinski definition) is 3. The van der Waals surface area contributed by atoms with Crippen molar-refractivity contribution in [2.24, 2.45) is 0 Å². The van der Waals surface area contributed by atoms with Gasteiger partial charge in [-0.1, -0.05) is 0 Å². The number of carbonyl (C=O) groups is 1. The van der Waals surface area contributed by atoms with Crippen molar-refractivity contribution in [1.82, 2.24) is 10.6 Å². The summed E-state index contributed by atoms with van der Waals surface area (Å²) in [5.41, 5.74) is 0.859. The van der Waals surface area contributed by atoms with Crippen LogP contribution in [0.3, 0.4) is 0 Å². The summed E-state index contributed by atoms with van der Waals surface area (Å²) >= 11 is 1.69.